The quantitative estimate of drug-likeness (QED) is 0.493. The van der Waals surface area contributed by atoms with E-state index in [1.54, 1.807) is 6.20 Å². The summed E-state index contributed by atoms with van der Waals surface area (Å²) in [5.41, 5.74) is 1.84. The largest absolute Gasteiger partial charge is 0.484 e. The van der Waals surface area contributed by atoms with Crippen LogP contribution in [0.3, 0.4) is 0 Å². The number of nitrogens with zero attached hydrogens (tertiary/aromatic N) is 2. The summed E-state index contributed by atoms with van der Waals surface area (Å²) in [4.78, 5) is 29.7. The van der Waals surface area contributed by atoms with Crippen molar-refractivity contribution in [3.8, 4) is 17.0 Å². The summed E-state index contributed by atoms with van der Waals surface area (Å²) in [5.74, 6) is 0.698. The van der Waals surface area contributed by atoms with Crippen molar-refractivity contribution in [2.45, 2.75) is 13.0 Å². The Balaban J connectivity index is 1.53. The van der Waals surface area contributed by atoms with Gasteiger partial charge in [-0.3, -0.25) is 14.9 Å². The van der Waals surface area contributed by atoms with Crippen LogP contribution in [0.15, 0.2) is 60.8 Å². The Morgan fingerprint density at radius 2 is 1.93 bits per heavy atom. The Bertz CT molecular complexity index is 922. The number of imidazole rings is 1. The fourth-order valence-corrected chi connectivity index (χ4v) is 2.49. The lowest BCUT2D eigenvalue weighted by atomic mass is 10.2. The molecule has 1 unspecified atom stereocenters. The van der Waals surface area contributed by atoms with Gasteiger partial charge in [0.1, 0.15) is 11.6 Å². The molecule has 3 aromatic rings. The molecule has 0 spiro atoms. The number of carbonyl (C=O) groups excluding carboxylic acids is 1. The third kappa shape index (κ3) is 4.69. The number of rotatable bonds is 7. The number of amides is 1. The summed E-state index contributed by atoms with van der Waals surface area (Å²) in [6, 6.07) is 15.0. The normalized spacial score (nSPS) is 11.6. The number of aromatic nitrogens is 2. The van der Waals surface area contributed by atoms with Crippen molar-refractivity contribution in [2.24, 2.45) is 0 Å². The third-order valence-electron chi connectivity index (χ3n) is 3.89. The summed E-state index contributed by atoms with van der Waals surface area (Å²) < 4.78 is 5.35. The Morgan fingerprint density at radius 3 is 2.59 bits per heavy atom. The zero-order valence-corrected chi connectivity index (χ0v) is 14.6. The third-order valence-corrected chi connectivity index (χ3v) is 3.89. The molecule has 27 heavy (non-hydrogen) atoms. The predicted octanol–water partition coefficient (Wildman–Crippen LogP) is 3.24. The molecule has 1 atom stereocenters. The maximum absolute atomic E-state index is 12.1. The highest BCUT2D eigenvalue weighted by molar-refractivity contribution is 5.78. The lowest BCUT2D eigenvalue weighted by Crippen LogP contribution is -2.31. The molecule has 1 heterocycles. The first-order valence-corrected chi connectivity index (χ1v) is 8.30. The number of nitrogens with one attached hydrogen (secondary N) is 2. The van der Waals surface area contributed by atoms with E-state index in [2.05, 4.69) is 15.3 Å². The molecule has 2 aromatic carbocycles. The molecule has 0 saturated carbocycles. The number of non-ortho nitro benzene ring substituents is 1. The van der Waals surface area contributed by atoms with Crippen molar-refractivity contribution in [3.63, 3.8) is 0 Å². The maximum Gasteiger partial charge on any atom is 0.269 e. The van der Waals surface area contributed by atoms with Crippen LogP contribution in [-0.4, -0.2) is 27.4 Å². The molecular formula is C19H18N4O4. The molecule has 0 aliphatic rings. The van der Waals surface area contributed by atoms with E-state index in [0.29, 0.717) is 11.6 Å². The number of aromatic amines is 1. The van der Waals surface area contributed by atoms with Gasteiger partial charge in [-0.15, -0.1) is 0 Å². The number of carbonyl (C=O) groups is 1. The summed E-state index contributed by atoms with van der Waals surface area (Å²) in [6.07, 6.45) is 1.72. The van der Waals surface area contributed by atoms with E-state index in [1.165, 1.54) is 24.3 Å². The summed E-state index contributed by atoms with van der Waals surface area (Å²) in [6.45, 7) is 1.62. The molecule has 0 bridgehead atoms. The minimum atomic E-state index is -0.495. The lowest BCUT2D eigenvalue weighted by Gasteiger charge is -2.12. The maximum atomic E-state index is 12.1. The molecule has 0 aliphatic carbocycles. The van der Waals surface area contributed by atoms with E-state index in [9.17, 15) is 14.9 Å². The van der Waals surface area contributed by atoms with Gasteiger partial charge in [0.2, 0.25) is 0 Å². The van der Waals surface area contributed by atoms with Crippen LogP contribution < -0.4 is 10.1 Å². The van der Waals surface area contributed by atoms with Crippen molar-refractivity contribution >= 4 is 11.6 Å². The van der Waals surface area contributed by atoms with Crippen molar-refractivity contribution in [1.29, 1.82) is 0 Å². The van der Waals surface area contributed by atoms with Crippen molar-refractivity contribution in [3.05, 3.63) is 76.7 Å². The highest BCUT2D eigenvalue weighted by atomic mass is 16.6. The number of benzene rings is 2. The second kappa shape index (κ2) is 8.13. The molecular weight excluding hydrogens is 348 g/mol. The van der Waals surface area contributed by atoms with Gasteiger partial charge in [-0.2, -0.15) is 0 Å². The van der Waals surface area contributed by atoms with Crippen molar-refractivity contribution in [1.82, 2.24) is 15.3 Å². The van der Waals surface area contributed by atoms with Gasteiger partial charge in [0, 0.05) is 12.1 Å². The van der Waals surface area contributed by atoms with Gasteiger partial charge in [-0.1, -0.05) is 30.3 Å². The number of hydrogen-bond donors (Lipinski definition) is 2. The van der Waals surface area contributed by atoms with Gasteiger partial charge in [-0.25, -0.2) is 4.98 Å². The first kappa shape index (κ1) is 18.1. The lowest BCUT2D eigenvalue weighted by molar-refractivity contribution is -0.384. The molecule has 0 fully saturated rings. The van der Waals surface area contributed by atoms with E-state index in [4.69, 9.17) is 4.74 Å². The molecule has 138 valence electrons. The molecule has 0 radical (unpaired) electrons. The number of hydrogen-bond acceptors (Lipinski definition) is 5. The fourth-order valence-electron chi connectivity index (χ4n) is 2.49. The highest BCUT2D eigenvalue weighted by Crippen LogP contribution is 2.19. The predicted molar refractivity (Wildman–Crippen MR) is 99.2 cm³/mol. The van der Waals surface area contributed by atoms with E-state index in [1.807, 2.05) is 37.3 Å². The number of nitro groups is 1. The van der Waals surface area contributed by atoms with E-state index in [0.717, 1.165) is 11.3 Å². The Morgan fingerprint density at radius 1 is 1.22 bits per heavy atom. The van der Waals surface area contributed by atoms with Crippen molar-refractivity contribution in [2.75, 3.05) is 6.61 Å². The Labute approximate surface area is 155 Å². The van der Waals surface area contributed by atoms with Crippen LogP contribution in [0.5, 0.6) is 5.75 Å². The first-order valence-electron chi connectivity index (χ1n) is 8.30. The van der Waals surface area contributed by atoms with Crippen LogP contribution in [0, 0.1) is 10.1 Å². The Hall–Kier alpha value is -3.68. The van der Waals surface area contributed by atoms with E-state index >= 15 is 0 Å². The summed E-state index contributed by atoms with van der Waals surface area (Å²) >= 11 is 0. The second-order valence-corrected chi connectivity index (χ2v) is 5.88. The molecule has 0 aliphatic heterocycles. The van der Waals surface area contributed by atoms with Crippen LogP contribution in [0.2, 0.25) is 0 Å². The van der Waals surface area contributed by atoms with Crippen LogP contribution in [-0.2, 0) is 4.79 Å². The molecule has 1 amide bonds. The number of ether oxygens (including phenoxy) is 1. The molecule has 8 heteroatoms. The van der Waals surface area contributed by atoms with Gasteiger partial charge in [-0.05, 0) is 24.6 Å². The zero-order valence-electron chi connectivity index (χ0n) is 14.6. The van der Waals surface area contributed by atoms with Crippen LogP contribution in [0.1, 0.15) is 18.8 Å². The molecule has 8 nitrogen and oxygen atoms in total. The molecule has 2 N–H and O–H groups in total. The Kier molecular flexibility index (Phi) is 5.46. The van der Waals surface area contributed by atoms with Crippen LogP contribution >= 0.6 is 0 Å². The van der Waals surface area contributed by atoms with E-state index in [-0.39, 0.29) is 24.2 Å². The van der Waals surface area contributed by atoms with Crippen LogP contribution in [0.4, 0.5) is 5.69 Å². The first-order chi connectivity index (χ1) is 13.0. The smallest absolute Gasteiger partial charge is 0.269 e. The average molecular weight is 366 g/mol. The highest BCUT2D eigenvalue weighted by Gasteiger charge is 2.14. The molecule has 0 saturated heterocycles. The molecule has 1 aromatic heterocycles. The van der Waals surface area contributed by atoms with Crippen molar-refractivity contribution < 1.29 is 14.5 Å². The van der Waals surface area contributed by atoms with Gasteiger partial charge in [0.25, 0.3) is 11.6 Å². The number of H-pyrrole nitrogens is 1. The van der Waals surface area contributed by atoms with Gasteiger partial charge in [0.05, 0.1) is 22.9 Å². The van der Waals surface area contributed by atoms with E-state index < -0.39 is 4.92 Å². The topological polar surface area (TPSA) is 110 Å². The van der Waals surface area contributed by atoms with Gasteiger partial charge >= 0.3 is 0 Å². The average Bonchev–Trinajstić information content (AvgIpc) is 3.18. The zero-order chi connectivity index (χ0) is 19.2. The fraction of sp³-hybridized carbons (Fsp3) is 0.158. The van der Waals surface area contributed by atoms with Crippen LogP contribution in [0.25, 0.3) is 11.3 Å². The minimum absolute atomic E-state index is 0.0348. The number of nitro benzene ring substituents is 1. The molecule has 3 rings (SSSR count). The summed E-state index contributed by atoms with van der Waals surface area (Å²) in [7, 11) is 0. The standard InChI is InChI=1S/C19H18N4O4/c1-13(19-20-11-17(22-19)14-5-3-2-4-6-14)21-18(24)12-27-16-9-7-15(8-10-16)23(25)26/h2-11,13H,12H2,1H3,(H,20,22)(H,21,24). The second-order valence-electron chi connectivity index (χ2n) is 5.88. The van der Waals surface area contributed by atoms with Gasteiger partial charge < -0.3 is 15.0 Å². The SMILES string of the molecule is CC(NC(=O)COc1ccc([N+](=O)[O-])cc1)c1ncc(-c2ccccc2)[nH]1. The minimum Gasteiger partial charge on any atom is -0.484 e. The monoisotopic (exact) mass is 366 g/mol. The van der Waals surface area contributed by atoms with Gasteiger partial charge in [0.15, 0.2) is 6.61 Å². The summed E-state index contributed by atoms with van der Waals surface area (Å²) in [5, 5.41) is 13.4.